The maximum Gasteiger partial charge on any atom is 0.186 e. The van der Waals surface area contributed by atoms with E-state index in [-0.39, 0.29) is 0 Å². The average Bonchev–Trinajstić information content (AvgIpc) is 2.94. The van der Waals surface area contributed by atoms with Crippen LogP contribution in [0, 0.1) is 0 Å². The second-order valence-electron chi connectivity index (χ2n) is 4.92. The van der Waals surface area contributed by atoms with E-state index in [1.165, 1.54) is 0 Å². The minimum atomic E-state index is 0.467. The quantitative estimate of drug-likeness (QED) is 0.384. The Morgan fingerprint density at radius 1 is 1.17 bits per heavy atom. The fraction of sp³-hybridized carbons (Fsp3) is 0.0588. The van der Waals surface area contributed by atoms with Crippen molar-refractivity contribution in [2.45, 2.75) is 0 Å². The zero-order valence-corrected chi connectivity index (χ0v) is 14.0. The summed E-state index contributed by atoms with van der Waals surface area (Å²) in [7, 11) is 1.75. The van der Waals surface area contributed by atoms with E-state index in [2.05, 4.69) is 26.9 Å². The van der Waals surface area contributed by atoms with Gasteiger partial charge in [-0.1, -0.05) is 41.9 Å². The molecule has 0 bridgehead atoms. The van der Waals surface area contributed by atoms with Gasteiger partial charge in [-0.25, -0.2) is 0 Å². The SMILES string of the molecule is CNC(=S)N/N=C/c1c(-c2ccc(Cl)cc2)[nH]c2ccccc12. The zero-order chi connectivity index (χ0) is 16.2. The minimum Gasteiger partial charge on any atom is -0.364 e. The Morgan fingerprint density at radius 2 is 1.91 bits per heavy atom. The van der Waals surface area contributed by atoms with Crippen LogP contribution in [0.5, 0.6) is 0 Å². The van der Waals surface area contributed by atoms with Gasteiger partial charge in [0.15, 0.2) is 5.11 Å². The van der Waals surface area contributed by atoms with Crippen molar-refractivity contribution >= 4 is 46.0 Å². The first-order valence-corrected chi connectivity index (χ1v) is 7.85. The predicted octanol–water partition coefficient (Wildman–Crippen LogP) is 3.92. The van der Waals surface area contributed by atoms with E-state index < -0.39 is 0 Å². The highest BCUT2D eigenvalue weighted by atomic mass is 35.5. The van der Waals surface area contributed by atoms with Crippen molar-refractivity contribution in [1.29, 1.82) is 0 Å². The Hall–Kier alpha value is -2.37. The number of nitrogens with zero attached hydrogens (tertiary/aromatic N) is 1. The molecule has 3 rings (SSSR count). The summed E-state index contributed by atoms with van der Waals surface area (Å²) in [5, 5.41) is 9.30. The Morgan fingerprint density at radius 3 is 2.65 bits per heavy atom. The number of hydrogen-bond donors (Lipinski definition) is 3. The number of benzene rings is 2. The number of aromatic amines is 1. The summed E-state index contributed by atoms with van der Waals surface area (Å²) >= 11 is 11.0. The second-order valence-corrected chi connectivity index (χ2v) is 5.76. The van der Waals surface area contributed by atoms with Gasteiger partial charge >= 0.3 is 0 Å². The molecule has 0 aliphatic rings. The molecule has 0 aliphatic carbocycles. The summed E-state index contributed by atoms with van der Waals surface area (Å²) in [6.07, 6.45) is 1.77. The van der Waals surface area contributed by atoms with Crippen LogP contribution in [-0.4, -0.2) is 23.4 Å². The first kappa shape index (κ1) is 15.5. The van der Waals surface area contributed by atoms with Gasteiger partial charge in [0, 0.05) is 28.5 Å². The van der Waals surface area contributed by atoms with Crippen LogP contribution in [0.2, 0.25) is 5.02 Å². The summed E-state index contributed by atoms with van der Waals surface area (Å²) in [4.78, 5) is 3.44. The van der Waals surface area contributed by atoms with Crippen molar-refractivity contribution in [2.75, 3.05) is 7.05 Å². The third kappa shape index (κ3) is 3.36. The highest BCUT2D eigenvalue weighted by Gasteiger charge is 2.11. The van der Waals surface area contributed by atoms with Crippen LogP contribution in [0.1, 0.15) is 5.56 Å². The molecule has 6 heteroatoms. The van der Waals surface area contributed by atoms with E-state index in [9.17, 15) is 0 Å². The topological polar surface area (TPSA) is 52.2 Å². The van der Waals surface area contributed by atoms with Gasteiger partial charge in [-0.15, -0.1) is 0 Å². The Kier molecular flexibility index (Phi) is 4.60. The molecule has 3 aromatic rings. The van der Waals surface area contributed by atoms with E-state index in [0.29, 0.717) is 10.1 Å². The van der Waals surface area contributed by atoms with Gasteiger partial charge in [0.25, 0.3) is 0 Å². The summed E-state index contributed by atoms with van der Waals surface area (Å²) < 4.78 is 0. The number of fused-ring (bicyclic) bond motifs is 1. The first-order valence-electron chi connectivity index (χ1n) is 7.06. The molecule has 1 aromatic heterocycles. The van der Waals surface area contributed by atoms with Gasteiger partial charge in [-0.2, -0.15) is 5.10 Å². The Labute approximate surface area is 144 Å². The maximum absolute atomic E-state index is 5.98. The van der Waals surface area contributed by atoms with Crippen LogP contribution in [0.15, 0.2) is 53.6 Å². The number of nitrogens with one attached hydrogen (secondary N) is 3. The van der Waals surface area contributed by atoms with Crippen LogP contribution < -0.4 is 10.7 Å². The zero-order valence-electron chi connectivity index (χ0n) is 12.4. The number of halogens is 1. The smallest absolute Gasteiger partial charge is 0.186 e. The summed E-state index contributed by atoms with van der Waals surface area (Å²) in [6.45, 7) is 0. The number of para-hydroxylation sites is 1. The van der Waals surface area contributed by atoms with Crippen LogP contribution >= 0.6 is 23.8 Å². The van der Waals surface area contributed by atoms with E-state index in [4.69, 9.17) is 23.8 Å². The van der Waals surface area contributed by atoms with Crippen molar-refractivity contribution in [3.05, 3.63) is 59.1 Å². The second kappa shape index (κ2) is 6.81. The lowest BCUT2D eigenvalue weighted by Gasteiger charge is -2.02. The van der Waals surface area contributed by atoms with Gasteiger partial charge in [0.2, 0.25) is 0 Å². The highest BCUT2D eigenvalue weighted by Crippen LogP contribution is 2.29. The van der Waals surface area contributed by atoms with E-state index in [1.54, 1.807) is 13.3 Å². The van der Waals surface area contributed by atoms with Crippen molar-refractivity contribution in [3.8, 4) is 11.3 Å². The molecule has 4 nitrogen and oxygen atoms in total. The van der Waals surface area contributed by atoms with Crippen molar-refractivity contribution < 1.29 is 0 Å². The molecule has 0 saturated heterocycles. The molecule has 23 heavy (non-hydrogen) atoms. The summed E-state index contributed by atoms with van der Waals surface area (Å²) in [5.74, 6) is 0. The highest BCUT2D eigenvalue weighted by molar-refractivity contribution is 7.80. The molecular formula is C17H15ClN4S. The maximum atomic E-state index is 5.98. The fourth-order valence-electron chi connectivity index (χ4n) is 2.35. The molecule has 1 heterocycles. The molecule has 0 radical (unpaired) electrons. The van der Waals surface area contributed by atoms with Gasteiger partial charge in [0.1, 0.15) is 0 Å². The minimum absolute atomic E-state index is 0.467. The summed E-state index contributed by atoms with van der Waals surface area (Å²) in [5.41, 5.74) is 6.86. The normalized spacial score (nSPS) is 11.0. The molecule has 0 fully saturated rings. The number of hydrogen-bond acceptors (Lipinski definition) is 2. The summed E-state index contributed by atoms with van der Waals surface area (Å²) in [6, 6.07) is 15.8. The van der Waals surface area contributed by atoms with E-state index in [1.807, 2.05) is 42.5 Å². The first-order chi connectivity index (χ1) is 11.2. The molecule has 0 saturated carbocycles. The average molecular weight is 343 g/mol. The molecule has 0 aliphatic heterocycles. The number of H-pyrrole nitrogens is 1. The Balaban J connectivity index is 2.07. The van der Waals surface area contributed by atoms with Gasteiger partial charge in [0.05, 0.1) is 11.9 Å². The Bertz CT molecular complexity index is 868. The number of thiocarbonyl (C=S) groups is 1. The monoisotopic (exact) mass is 342 g/mol. The number of hydrazone groups is 1. The number of rotatable bonds is 3. The third-order valence-corrected chi connectivity index (χ3v) is 4.01. The van der Waals surface area contributed by atoms with E-state index in [0.717, 1.165) is 27.7 Å². The van der Waals surface area contributed by atoms with Gasteiger partial charge < -0.3 is 10.3 Å². The molecule has 3 N–H and O–H groups in total. The largest absolute Gasteiger partial charge is 0.364 e. The van der Waals surface area contributed by atoms with Crippen LogP contribution in [0.3, 0.4) is 0 Å². The van der Waals surface area contributed by atoms with Crippen molar-refractivity contribution in [2.24, 2.45) is 5.10 Å². The van der Waals surface area contributed by atoms with Crippen molar-refractivity contribution in [1.82, 2.24) is 15.7 Å². The lowest BCUT2D eigenvalue weighted by Crippen LogP contribution is -2.28. The molecule has 116 valence electrons. The van der Waals surface area contributed by atoms with Crippen LogP contribution in [-0.2, 0) is 0 Å². The van der Waals surface area contributed by atoms with Crippen LogP contribution in [0.4, 0.5) is 0 Å². The molecule has 0 unspecified atom stereocenters. The lowest BCUT2D eigenvalue weighted by molar-refractivity contribution is 0.982. The lowest BCUT2D eigenvalue weighted by atomic mass is 10.1. The molecular weight excluding hydrogens is 328 g/mol. The van der Waals surface area contributed by atoms with E-state index >= 15 is 0 Å². The molecule has 2 aromatic carbocycles. The fourth-order valence-corrected chi connectivity index (χ4v) is 2.53. The van der Waals surface area contributed by atoms with Gasteiger partial charge in [-0.3, -0.25) is 5.43 Å². The standard InChI is InChI=1S/C17H15ClN4S/c1-19-17(23)22-20-10-14-13-4-2-3-5-15(13)21-16(14)11-6-8-12(18)9-7-11/h2-10,21H,1H3,(H2,19,22,23)/b20-10+. The number of aromatic nitrogens is 1. The predicted molar refractivity (Wildman–Crippen MR) is 101 cm³/mol. The molecule has 0 atom stereocenters. The molecule has 0 spiro atoms. The van der Waals surface area contributed by atoms with Crippen LogP contribution in [0.25, 0.3) is 22.2 Å². The van der Waals surface area contributed by atoms with Gasteiger partial charge in [-0.05, 0) is 36.0 Å². The third-order valence-electron chi connectivity index (χ3n) is 3.47. The van der Waals surface area contributed by atoms with Crippen molar-refractivity contribution in [3.63, 3.8) is 0 Å². The molecule has 0 amide bonds.